The van der Waals surface area contributed by atoms with Crippen LogP contribution in [0, 0.1) is 6.92 Å². The summed E-state index contributed by atoms with van der Waals surface area (Å²) in [7, 11) is 0. The van der Waals surface area contributed by atoms with Crippen LogP contribution in [-0.2, 0) is 0 Å². The average molecular weight is 320 g/mol. The van der Waals surface area contributed by atoms with E-state index < -0.39 is 0 Å². The van der Waals surface area contributed by atoms with Crippen molar-refractivity contribution >= 4 is 6.29 Å². The van der Waals surface area contributed by atoms with E-state index in [0.717, 1.165) is 36.9 Å². The normalized spacial score (nSPS) is 10.6. The van der Waals surface area contributed by atoms with E-state index in [9.17, 15) is 4.79 Å². The molecule has 0 aromatic heterocycles. The van der Waals surface area contributed by atoms with Gasteiger partial charge in [0.1, 0.15) is 0 Å². The summed E-state index contributed by atoms with van der Waals surface area (Å²) in [5.41, 5.74) is 1.60. The van der Waals surface area contributed by atoms with E-state index in [-0.39, 0.29) is 0 Å². The Morgan fingerprint density at radius 2 is 1.39 bits per heavy atom. The second-order valence-electron chi connectivity index (χ2n) is 6.07. The number of ether oxygens (including phenoxy) is 2. The highest BCUT2D eigenvalue weighted by Crippen LogP contribution is 2.34. The van der Waals surface area contributed by atoms with Gasteiger partial charge in [-0.3, -0.25) is 4.79 Å². The van der Waals surface area contributed by atoms with Crippen LogP contribution in [0.3, 0.4) is 0 Å². The monoisotopic (exact) mass is 320 g/mol. The quantitative estimate of drug-likeness (QED) is 0.344. The molecular formula is C20H32O3. The Hall–Kier alpha value is -1.51. The minimum absolute atomic E-state index is 0.578. The standard InChI is InChI=1S/C20H32O3/c1-4-6-8-10-14-22-19-17(3)12-13-18(16-21)20(19)23-15-11-9-7-5-2/h12-13,16H,4-11,14-15H2,1-3H3. The molecule has 0 heterocycles. The first-order valence-electron chi connectivity index (χ1n) is 9.08. The molecule has 0 aliphatic carbocycles. The van der Waals surface area contributed by atoms with Crippen LogP contribution < -0.4 is 9.47 Å². The number of carbonyl (C=O) groups is 1. The summed E-state index contributed by atoms with van der Waals surface area (Å²) in [6.07, 6.45) is 10.1. The number of hydrogen-bond acceptors (Lipinski definition) is 3. The van der Waals surface area contributed by atoms with Crippen LogP contribution in [0.5, 0.6) is 11.5 Å². The molecule has 0 unspecified atom stereocenters. The molecule has 1 aromatic carbocycles. The minimum atomic E-state index is 0.578. The highest BCUT2D eigenvalue weighted by atomic mass is 16.5. The molecule has 3 heteroatoms. The highest BCUT2D eigenvalue weighted by Gasteiger charge is 2.14. The van der Waals surface area contributed by atoms with Gasteiger partial charge in [0.05, 0.1) is 18.8 Å². The Morgan fingerprint density at radius 3 is 1.91 bits per heavy atom. The first-order chi connectivity index (χ1) is 11.2. The first kappa shape index (κ1) is 19.5. The Kier molecular flexibility index (Phi) is 10.2. The Bertz CT molecular complexity index is 454. The van der Waals surface area contributed by atoms with Gasteiger partial charge in [-0.15, -0.1) is 0 Å². The predicted octanol–water partition coefficient (Wildman–Crippen LogP) is 5.73. The molecular weight excluding hydrogens is 288 g/mol. The summed E-state index contributed by atoms with van der Waals surface area (Å²) >= 11 is 0. The van der Waals surface area contributed by atoms with E-state index in [1.807, 2.05) is 19.1 Å². The Morgan fingerprint density at radius 1 is 0.826 bits per heavy atom. The molecule has 1 rings (SSSR count). The van der Waals surface area contributed by atoms with E-state index in [0.29, 0.717) is 24.5 Å². The lowest BCUT2D eigenvalue weighted by Gasteiger charge is -2.16. The van der Waals surface area contributed by atoms with Crippen molar-refractivity contribution in [2.75, 3.05) is 13.2 Å². The number of benzene rings is 1. The zero-order valence-electron chi connectivity index (χ0n) is 15.0. The molecule has 1 aromatic rings. The van der Waals surface area contributed by atoms with Crippen molar-refractivity contribution in [2.45, 2.75) is 72.1 Å². The number of carbonyl (C=O) groups excluding carboxylic acids is 1. The summed E-state index contributed by atoms with van der Waals surface area (Å²) < 4.78 is 11.9. The van der Waals surface area contributed by atoms with Crippen molar-refractivity contribution in [3.8, 4) is 11.5 Å². The zero-order valence-corrected chi connectivity index (χ0v) is 15.0. The van der Waals surface area contributed by atoms with Crippen LogP contribution in [0.25, 0.3) is 0 Å². The van der Waals surface area contributed by atoms with Gasteiger partial charge >= 0.3 is 0 Å². The molecule has 23 heavy (non-hydrogen) atoms. The minimum Gasteiger partial charge on any atom is -0.489 e. The lowest BCUT2D eigenvalue weighted by Crippen LogP contribution is -2.06. The van der Waals surface area contributed by atoms with Gasteiger partial charge in [0.15, 0.2) is 17.8 Å². The average Bonchev–Trinajstić information content (AvgIpc) is 2.56. The van der Waals surface area contributed by atoms with Crippen molar-refractivity contribution in [1.29, 1.82) is 0 Å². The number of rotatable bonds is 13. The van der Waals surface area contributed by atoms with E-state index >= 15 is 0 Å². The van der Waals surface area contributed by atoms with E-state index in [4.69, 9.17) is 9.47 Å². The van der Waals surface area contributed by atoms with E-state index in [2.05, 4.69) is 13.8 Å². The molecule has 0 bridgehead atoms. The third-order valence-electron chi connectivity index (χ3n) is 3.96. The maximum absolute atomic E-state index is 11.3. The predicted molar refractivity (Wildman–Crippen MR) is 95.8 cm³/mol. The molecule has 0 spiro atoms. The molecule has 0 N–H and O–H groups in total. The Labute approximate surface area is 141 Å². The molecule has 3 nitrogen and oxygen atoms in total. The lowest BCUT2D eigenvalue weighted by molar-refractivity contribution is 0.111. The van der Waals surface area contributed by atoms with Gasteiger partial charge in [0, 0.05) is 0 Å². The maximum Gasteiger partial charge on any atom is 0.171 e. The van der Waals surface area contributed by atoms with Crippen molar-refractivity contribution in [1.82, 2.24) is 0 Å². The van der Waals surface area contributed by atoms with Gasteiger partial charge in [-0.2, -0.15) is 0 Å². The fourth-order valence-electron chi connectivity index (χ4n) is 2.50. The highest BCUT2D eigenvalue weighted by molar-refractivity contribution is 5.81. The van der Waals surface area contributed by atoms with Crippen molar-refractivity contribution in [3.05, 3.63) is 23.3 Å². The molecule has 0 fully saturated rings. The van der Waals surface area contributed by atoms with Gasteiger partial charge in [0.25, 0.3) is 0 Å². The Balaban J connectivity index is 2.67. The van der Waals surface area contributed by atoms with Crippen molar-refractivity contribution in [3.63, 3.8) is 0 Å². The van der Waals surface area contributed by atoms with Crippen LogP contribution in [0.1, 0.15) is 81.1 Å². The van der Waals surface area contributed by atoms with Crippen LogP contribution >= 0.6 is 0 Å². The molecule has 0 atom stereocenters. The SMILES string of the molecule is CCCCCCOc1c(C)ccc(C=O)c1OCCCCCC. The van der Waals surface area contributed by atoms with Crippen molar-refractivity contribution in [2.24, 2.45) is 0 Å². The van der Waals surface area contributed by atoms with Crippen LogP contribution in [0.15, 0.2) is 12.1 Å². The summed E-state index contributed by atoms with van der Waals surface area (Å²) in [5, 5.41) is 0. The second kappa shape index (κ2) is 12.0. The zero-order chi connectivity index (χ0) is 16.9. The van der Waals surface area contributed by atoms with Gasteiger partial charge in [-0.25, -0.2) is 0 Å². The molecule has 0 aliphatic heterocycles. The van der Waals surface area contributed by atoms with Gasteiger partial charge in [-0.05, 0) is 31.4 Å². The molecule has 0 amide bonds. The molecule has 0 radical (unpaired) electrons. The number of aryl methyl sites for hydroxylation is 1. The van der Waals surface area contributed by atoms with Crippen LogP contribution in [0.2, 0.25) is 0 Å². The summed E-state index contributed by atoms with van der Waals surface area (Å²) in [4.78, 5) is 11.3. The fourth-order valence-corrected chi connectivity index (χ4v) is 2.50. The number of aldehydes is 1. The summed E-state index contributed by atoms with van der Waals surface area (Å²) in [6, 6.07) is 3.74. The summed E-state index contributed by atoms with van der Waals surface area (Å²) in [5.74, 6) is 1.36. The van der Waals surface area contributed by atoms with Gasteiger partial charge in [-0.1, -0.05) is 58.4 Å². The lowest BCUT2D eigenvalue weighted by atomic mass is 10.1. The fraction of sp³-hybridized carbons (Fsp3) is 0.650. The third kappa shape index (κ3) is 7.06. The molecule has 130 valence electrons. The second-order valence-corrected chi connectivity index (χ2v) is 6.07. The van der Waals surface area contributed by atoms with E-state index in [1.165, 1.54) is 32.1 Å². The van der Waals surface area contributed by atoms with Crippen molar-refractivity contribution < 1.29 is 14.3 Å². The van der Waals surface area contributed by atoms with Crippen LogP contribution in [-0.4, -0.2) is 19.5 Å². The third-order valence-corrected chi connectivity index (χ3v) is 3.96. The van der Waals surface area contributed by atoms with Crippen LogP contribution in [0.4, 0.5) is 0 Å². The van der Waals surface area contributed by atoms with Gasteiger partial charge in [0.2, 0.25) is 0 Å². The maximum atomic E-state index is 11.3. The van der Waals surface area contributed by atoms with E-state index in [1.54, 1.807) is 0 Å². The molecule has 0 saturated heterocycles. The topological polar surface area (TPSA) is 35.5 Å². The molecule has 0 aliphatic rings. The number of hydrogen-bond donors (Lipinski definition) is 0. The molecule has 0 saturated carbocycles. The smallest absolute Gasteiger partial charge is 0.171 e. The van der Waals surface area contributed by atoms with Gasteiger partial charge < -0.3 is 9.47 Å². The number of unbranched alkanes of at least 4 members (excludes halogenated alkanes) is 6. The summed E-state index contributed by atoms with van der Waals surface area (Å²) in [6.45, 7) is 7.70. The first-order valence-corrected chi connectivity index (χ1v) is 9.08. The largest absolute Gasteiger partial charge is 0.489 e.